The minimum absolute atomic E-state index is 0.0455. The molecule has 2 aliphatic heterocycles. The SMILES string of the molecule is Cc1cc([N+](=O)[O-])c(Cl)cc1N1CCC2(CCN(C(=O)OC(C)(C)C)CC2)CC1. The van der Waals surface area contributed by atoms with E-state index < -0.39 is 10.5 Å². The fourth-order valence-corrected chi connectivity index (χ4v) is 4.58. The first-order valence-electron chi connectivity index (χ1n) is 10.2. The molecule has 2 saturated heterocycles. The minimum Gasteiger partial charge on any atom is -0.444 e. The van der Waals surface area contributed by atoms with E-state index in [1.54, 1.807) is 12.1 Å². The maximum absolute atomic E-state index is 12.3. The lowest BCUT2D eigenvalue weighted by Gasteiger charge is -2.47. The second-order valence-corrected chi connectivity index (χ2v) is 9.71. The molecule has 8 heteroatoms. The van der Waals surface area contributed by atoms with Crippen molar-refractivity contribution in [3.05, 3.63) is 32.8 Å². The van der Waals surface area contributed by atoms with Crippen LogP contribution in [0.15, 0.2) is 12.1 Å². The zero-order valence-electron chi connectivity index (χ0n) is 17.7. The van der Waals surface area contributed by atoms with E-state index in [0.717, 1.165) is 63.1 Å². The van der Waals surface area contributed by atoms with E-state index in [2.05, 4.69) is 4.90 Å². The molecule has 0 atom stereocenters. The number of aryl methyl sites for hydroxylation is 1. The predicted molar refractivity (Wildman–Crippen MR) is 114 cm³/mol. The lowest BCUT2D eigenvalue weighted by molar-refractivity contribution is -0.384. The zero-order valence-corrected chi connectivity index (χ0v) is 18.4. The number of hydrogen-bond donors (Lipinski definition) is 0. The van der Waals surface area contributed by atoms with Crippen molar-refractivity contribution < 1.29 is 14.5 Å². The summed E-state index contributed by atoms with van der Waals surface area (Å²) in [5, 5.41) is 11.3. The van der Waals surface area contributed by atoms with Crippen molar-refractivity contribution in [1.82, 2.24) is 4.90 Å². The van der Waals surface area contributed by atoms with Gasteiger partial charge in [0.1, 0.15) is 10.6 Å². The van der Waals surface area contributed by atoms with Crippen molar-refractivity contribution in [2.75, 3.05) is 31.1 Å². The number of nitrogens with zero attached hydrogens (tertiary/aromatic N) is 3. The Morgan fingerprint density at radius 3 is 2.21 bits per heavy atom. The number of nitro groups is 1. The first-order chi connectivity index (χ1) is 13.5. The van der Waals surface area contributed by atoms with Crippen LogP contribution in [0.1, 0.15) is 52.0 Å². The molecule has 1 amide bonds. The van der Waals surface area contributed by atoms with E-state index in [-0.39, 0.29) is 22.2 Å². The molecule has 29 heavy (non-hydrogen) atoms. The van der Waals surface area contributed by atoms with Gasteiger partial charge in [0.05, 0.1) is 4.92 Å². The largest absolute Gasteiger partial charge is 0.444 e. The number of rotatable bonds is 2. The highest BCUT2D eigenvalue weighted by Gasteiger charge is 2.39. The number of amides is 1. The number of likely N-dealkylation sites (tertiary alicyclic amines) is 1. The summed E-state index contributed by atoms with van der Waals surface area (Å²) in [6.45, 7) is 10.8. The Bertz CT molecular complexity index is 788. The molecule has 0 aliphatic carbocycles. The number of carbonyl (C=O) groups is 1. The number of nitro benzene ring substituents is 1. The summed E-state index contributed by atoms with van der Waals surface area (Å²) < 4.78 is 5.50. The molecule has 0 N–H and O–H groups in total. The number of piperidine rings is 2. The Kier molecular flexibility index (Phi) is 5.99. The van der Waals surface area contributed by atoms with E-state index in [9.17, 15) is 14.9 Å². The molecular formula is C21H30ClN3O4. The number of hydrogen-bond acceptors (Lipinski definition) is 5. The second kappa shape index (κ2) is 8.01. The highest BCUT2D eigenvalue weighted by atomic mass is 35.5. The quantitative estimate of drug-likeness (QED) is 0.484. The van der Waals surface area contributed by atoms with Gasteiger partial charge < -0.3 is 14.5 Å². The average Bonchev–Trinajstić information content (AvgIpc) is 2.63. The number of benzene rings is 1. The monoisotopic (exact) mass is 423 g/mol. The lowest BCUT2D eigenvalue weighted by Crippen LogP contribution is -2.49. The topological polar surface area (TPSA) is 75.9 Å². The van der Waals surface area contributed by atoms with E-state index >= 15 is 0 Å². The summed E-state index contributed by atoms with van der Waals surface area (Å²) in [5.74, 6) is 0. The molecule has 2 fully saturated rings. The fraction of sp³-hybridized carbons (Fsp3) is 0.667. The van der Waals surface area contributed by atoms with E-state index in [0.29, 0.717) is 0 Å². The summed E-state index contributed by atoms with van der Waals surface area (Å²) in [7, 11) is 0. The van der Waals surface area contributed by atoms with Crippen LogP contribution in [-0.2, 0) is 4.74 Å². The molecule has 3 rings (SSSR count). The van der Waals surface area contributed by atoms with Gasteiger partial charge in [0.15, 0.2) is 0 Å². The van der Waals surface area contributed by atoms with Crippen LogP contribution in [0.5, 0.6) is 0 Å². The Labute approximate surface area is 177 Å². The number of carbonyl (C=O) groups excluding carboxylic acids is 1. The van der Waals surface area contributed by atoms with Gasteiger partial charge >= 0.3 is 6.09 Å². The van der Waals surface area contributed by atoms with E-state index in [4.69, 9.17) is 16.3 Å². The van der Waals surface area contributed by atoms with Gasteiger partial charge in [-0.05, 0) is 70.4 Å². The second-order valence-electron chi connectivity index (χ2n) is 9.30. The number of halogens is 1. The van der Waals surface area contributed by atoms with Crippen molar-refractivity contribution in [3.63, 3.8) is 0 Å². The normalized spacial score (nSPS) is 19.3. The van der Waals surface area contributed by atoms with Gasteiger partial charge in [-0.1, -0.05) is 11.6 Å². The molecule has 2 aliphatic rings. The van der Waals surface area contributed by atoms with Gasteiger partial charge in [0, 0.05) is 37.9 Å². The van der Waals surface area contributed by atoms with Gasteiger partial charge in [-0.3, -0.25) is 10.1 Å². The molecule has 2 heterocycles. The molecule has 7 nitrogen and oxygen atoms in total. The maximum Gasteiger partial charge on any atom is 0.410 e. The third kappa shape index (κ3) is 4.94. The Balaban J connectivity index is 1.60. The van der Waals surface area contributed by atoms with Crippen molar-refractivity contribution in [2.24, 2.45) is 5.41 Å². The van der Waals surface area contributed by atoms with Gasteiger partial charge in [-0.15, -0.1) is 0 Å². The van der Waals surface area contributed by atoms with Crippen LogP contribution in [0.25, 0.3) is 0 Å². The fourth-order valence-electron chi connectivity index (χ4n) is 4.35. The number of anilines is 1. The van der Waals surface area contributed by atoms with Crippen molar-refractivity contribution in [1.29, 1.82) is 0 Å². The average molecular weight is 424 g/mol. The van der Waals surface area contributed by atoms with Crippen LogP contribution in [0.2, 0.25) is 5.02 Å². The first-order valence-corrected chi connectivity index (χ1v) is 10.5. The molecule has 0 radical (unpaired) electrons. The van der Waals surface area contributed by atoms with Crippen molar-refractivity contribution in [3.8, 4) is 0 Å². The summed E-state index contributed by atoms with van der Waals surface area (Å²) in [6, 6.07) is 3.28. The molecule has 0 saturated carbocycles. The van der Waals surface area contributed by atoms with E-state index in [1.807, 2.05) is 32.6 Å². The van der Waals surface area contributed by atoms with Crippen molar-refractivity contribution >= 4 is 29.1 Å². The van der Waals surface area contributed by atoms with Crippen LogP contribution >= 0.6 is 11.6 Å². The molecule has 0 unspecified atom stereocenters. The van der Waals surface area contributed by atoms with Crippen LogP contribution in [0.3, 0.4) is 0 Å². The van der Waals surface area contributed by atoms with Gasteiger partial charge in [0.2, 0.25) is 0 Å². The zero-order chi connectivity index (χ0) is 21.4. The Morgan fingerprint density at radius 1 is 1.14 bits per heavy atom. The van der Waals surface area contributed by atoms with Crippen LogP contribution in [0, 0.1) is 22.5 Å². The summed E-state index contributed by atoms with van der Waals surface area (Å²) >= 11 is 6.13. The van der Waals surface area contributed by atoms with Gasteiger partial charge in [0.25, 0.3) is 5.69 Å². The Hall–Kier alpha value is -2.02. The predicted octanol–water partition coefficient (Wildman–Crippen LogP) is 5.17. The van der Waals surface area contributed by atoms with Crippen LogP contribution in [-0.4, -0.2) is 47.7 Å². The lowest BCUT2D eigenvalue weighted by atomic mass is 9.71. The standard InChI is InChI=1S/C21H30ClN3O4/c1-15-13-18(25(27)28)16(22)14-17(15)23-9-5-21(6-10-23)7-11-24(12-8-21)19(26)29-20(2,3)4/h13-14H,5-12H2,1-4H3. The van der Waals surface area contributed by atoms with Gasteiger partial charge in [-0.25, -0.2) is 4.79 Å². The summed E-state index contributed by atoms with van der Waals surface area (Å²) in [5.41, 5.74) is 1.59. The van der Waals surface area contributed by atoms with Crippen LogP contribution < -0.4 is 4.90 Å². The molecule has 1 aromatic carbocycles. The van der Waals surface area contributed by atoms with E-state index in [1.165, 1.54) is 0 Å². The summed E-state index contributed by atoms with van der Waals surface area (Å²) in [4.78, 5) is 27.0. The third-order valence-electron chi connectivity index (χ3n) is 6.10. The summed E-state index contributed by atoms with van der Waals surface area (Å²) in [6.07, 6.45) is 3.84. The van der Waals surface area contributed by atoms with Crippen LogP contribution in [0.4, 0.5) is 16.2 Å². The number of ether oxygens (including phenoxy) is 1. The highest BCUT2D eigenvalue weighted by molar-refractivity contribution is 6.33. The molecule has 0 bridgehead atoms. The Morgan fingerprint density at radius 2 is 1.69 bits per heavy atom. The van der Waals surface area contributed by atoms with Gasteiger partial charge in [-0.2, -0.15) is 0 Å². The minimum atomic E-state index is -0.471. The first kappa shape index (κ1) is 21.7. The molecule has 1 spiro atoms. The third-order valence-corrected chi connectivity index (χ3v) is 6.41. The molecule has 0 aromatic heterocycles. The van der Waals surface area contributed by atoms with Crippen molar-refractivity contribution in [2.45, 2.75) is 59.0 Å². The molecule has 160 valence electrons. The molecule has 1 aromatic rings. The highest BCUT2D eigenvalue weighted by Crippen LogP contribution is 2.43. The maximum atomic E-state index is 12.3. The smallest absolute Gasteiger partial charge is 0.410 e. The molecular weight excluding hydrogens is 394 g/mol.